The predicted octanol–water partition coefficient (Wildman–Crippen LogP) is 3.09. The van der Waals surface area contributed by atoms with Gasteiger partial charge in [-0.3, -0.25) is 9.69 Å². The van der Waals surface area contributed by atoms with Crippen molar-refractivity contribution in [3.63, 3.8) is 0 Å². The van der Waals surface area contributed by atoms with Crippen LogP contribution in [0.1, 0.15) is 18.4 Å². The van der Waals surface area contributed by atoms with Crippen LogP contribution in [-0.2, 0) is 11.2 Å². The molecular weight excluding hydrogens is 341 g/mol. The summed E-state index contributed by atoms with van der Waals surface area (Å²) in [7, 11) is 0. The molecule has 1 fully saturated rings. The van der Waals surface area contributed by atoms with Crippen molar-refractivity contribution in [2.45, 2.75) is 19.3 Å². The monoisotopic (exact) mass is 369 g/mol. The van der Waals surface area contributed by atoms with Gasteiger partial charge in [-0.15, -0.1) is 0 Å². The largest absolute Gasteiger partial charge is 0.369 e. The van der Waals surface area contributed by atoms with Crippen LogP contribution >= 0.6 is 0 Å². The fourth-order valence-corrected chi connectivity index (χ4v) is 3.44. The Morgan fingerprint density at radius 3 is 2.41 bits per heavy atom. The van der Waals surface area contributed by atoms with Gasteiger partial charge in [0.05, 0.1) is 0 Å². The van der Waals surface area contributed by atoms with E-state index >= 15 is 0 Å². The van der Waals surface area contributed by atoms with Crippen molar-refractivity contribution in [2.75, 3.05) is 44.2 Å². The minimum Gasteiger partial charge on any atom is -0.369 e. The number of nitrogens with one attached hydrogen (secondary N) is 1. The van der Waals surface area contributed by atoms with E-state index in [1.54, 1.807) is 18.2 Å². The lowest BCUT2D eigenvalue weighted by molar-refractivity contribution is -0.121. The maximum Gasteiger partial charge on any atom is 0.220 e. The van der Waals surface area contributed by atoms with Gasteiger partial charge in [0.15, 0.2) is 0 Å². The highest BCUT2D eigenvalue weighted by molar-refractivity contribution is 5.76. The van der Waals surface area contributed by atoms with E-state index in [1.165, 1.54) is 11.8 Å². The zero-order chi connectivity index (χ0) is 18.9. The first-order valence-corrected chi connectivity index (χ1v) is 9.75. The molecule has 1 aliphatic heterocycles. The third kappa shape index (κ3) is 6.07. The number of hydrogen-bond acceptors (Lipinski definition) is 3. The Morgan fingerprint density at radius 2 is 1.67 bits per heavy atom. The molecule has 0 spiro atoms. The molecule has 0 saturated carbocycles. The van der Waals surface area contributed by atoms with Crippen LogP contribution in [0.5, 0.6) is 0 Å². The number of carbonyl (C=O) groups is 1. The molecule has 144 valence electrons. The number of hydrogen-bond donors (Lipinski definition) is 1. The van der Waals surface area contributed by atoms with Gasteiger partial charge in [-0.1, -0.05) is 36.4 Å². The molecule has 0 unspecified atom stereocenters. The number of para-hydroxylation sites is 1. The molecule has 1 heterocycles. The molecule has 1 N–H and O–H groups in total. The normalized spacial score (nSPS) is 14.9. The molecule has 3 rings (SSSR count). The van der Waals surface area contributed by atoms with Crippen molar-refractivity contribution in [3.8, 4) is 0 Å². The smallest absolute Gasteiger partial charge is 0.220 e. The minimum atomic E-state index is -0.236. The molecule has 1 amide bonds. The molecule has 4 nitrogen and oxygen atoms in total. The summed E-state index contributed by atoms with van der Waals surface area (Å²) >= 11 is 0. The van der Waals surface area contributed by atoms with E-state index in [2.05, 4.69) is 39.4 Å². The van der Waals surface area contributed by atoms with Gasteiger partial charge in [-0.25, -0.2) is 4.39 Å². The van der Waals surface area contributed by atoms with Gasteiger partial charge < -0.3 is 10.2 Å². The molecule has 0 aliphatic carbocycles. The first kappa shape index (κ1) is 19.4. The second kappa shape index (κ2) is 10.1. The van der Waals surface area contributed by atoms with Crippen molar-refractivity contribution in [1.82, 2.24) is 10.2 Å². The Kier molecular flexibility index (Phi) is 7.22. The zero-order valence-electron chi connectivity index (χ0n) is 15.7. The Labute approximate surface area is 161 Å². The number of benzene rings is 2. The number of anilines is 1. The topological polar surface area (TPSA) is 35.6 Å². The quantitative estimate of drug-likeness (QED) is 0.727. The lowest BCUT2D eigenvalue weighted by Crippen LogP contribution is -2.47. The number of carbonyl (C=O) groups excluding carboxylic acids is 1. The van der Waals surface area contributed by atoms with Gasteiger partial charge in [0.25, 0.3) is 0 Å². The third-order valence-electron chi connectivity index (χ3n) is 5.05. The molecule has 0 bridgehead atoms. The minimum absolute atomic E-state index is 0.00727. The zero-order valence-corrected chi connectivity index (χ0v) is 15.7. The van der Waals surface area contributed by atoms with Gasteiger partial charge in [-0.05, 0) is 43.1 Å². The summed E-state index contributed by atoms with van der Waals surface area (Å²) < 4.78 is 13.5. The number of nitrogens with zero attached hydrogens (tertiary/aromatic N) is 2. The molecule has 0 radical (unpaired) electrons. The van der Waals surface area contributed by atoms with Crippen molar-refractivity contribution in [3.05, 3.63) is 66.0 Å². The molecule has 2 aromatic carbocycles. The van der Waals surface area contributed by atoms with Crippen LogP contribution in [-0.4, -0.2) is 50.1 Å². The summed E-state index contributed by atoms with van der Waals surface area (Å²) in [5, 5.41) is 2.95. The molecule has 2 aromatic rings. The highest BCUT2D eigenvalue weighted by atomic mass is 19.1. The fourth-order valence-electron chi connectivity index (χ4n) is 3.44. The molecular formula is C22H28FN3O. The van der Waals surface area contributed by atoms with Gasteiger partial charge in [-0.2, -0.15) is 0 Å². The van der Waals surface area contributed by atoms with Gasteiger partial charge in [0.2, 0.25) is 5.91 Å². The highest BCUT2D eigenvalue weighted by Crippen LogP contribution is 2.15. The number of aryl methyl sites for hydroxylation is 1. The van der Waals surface area contributed by atoms with E-state index in [0.29, 0.717) is 24.9 Å². The number of amides is 1. The second-order valence-electron chi connectivity index (χ2n) is 6.96. The van der Waals surface area contributed by atoms with Crippen molar-refractivity contribution >= 4 is 11.6 Å². The maximum atomic E-state index is 13.5. The van der Waals surface area contributed by atoms with Crippen molar-refractivity contribution < 1.29 is 9.18 Å². The fraction of sp³-hybridized carbons (Fsp3) is 0.409. The molecule has 0 atom stereocenters. The summed E-state index contributed by atoms with van der Waals surface area (Å²) in [6.07, 6.45) is 1.72. The van der Waals surface area contributed by atoms with Crippen molar-refractivity contribution in [2.24, 2.45) is 0 Å². The molecule has 0 aromatic heterocycles. The van der Waals surface area contributed by atoms with E-state index in [0.717, 1.165) is 39.1 Å². The summed E-state index contributed by atoms with van der Waals surface area (Å²) in [6, 6.07) is 17.2. The lowest BCUT2D eigenvalue weighted by Gasteiger charge is -2.36. The lowest BCUT2D eigenvalue weighted by atomic mass is 10.1. The number of piperazine rings is 1. The number of rotatable bonds is 8. The molecule has 5 heteroatoms. The SMILES string of the molecule is O=C(CCc1ccccc1F)NCCCN1CCN(c2ccccc2)CC1. The Balaban J connectivity index is 1.27. The van der Waals surface area contributed by atoms with E-state index < -0.39 is 0 Å². The Hall–Kier alpha value is -2.40. The van der Waals surface area contributed by atoms with E-state index in [9.17, 15) is 9.18 Å². The average Bonchev–Trinajstić information content (AvgIpc) is 2.72. The van der Waals surface area contributed by atoms with Crippen LogP contribution < -0.4 is 10.2 Å². The van der Waals surface area contributed by atoms with E-state index in [-0.39, 0.29) is 11.7 Å². The van der Waals surface area contributed by atoms with E-state index in [1.807, 2.05) is 6.07 Å². The van der Waals surface area contributed by atoms with Crippen molar-refractivity contribution in [1.29, 1.82) is 0 Å². The summed E-state index contributed by atoms with van der Waals surface area (Å²) in [4.78, 5) is 16.8. The van der Waals surface area contributed by atoms with Crippen LogP contribution in [0.2, 0.25) is 0 Å². The summed E-state index contributed by atoms with van der Waals surface area (Å²) in [5.41, 5.74) is 1.89. The standard InChI is InChI=1S/C22H28FN3O/c23-21-10-5-4-7-19(21)11-12-22(27)24-13-6-14-25-15-17-26(18-16-25)20-8-2-1-3-9-20/h1-5,7-10H,6,11-18H2,(H,24,27). The van der Waals surface area contributed by atoms with Crippen LogP contribution in [0.4, 0.5) is 10.1 Å². The summed E-state index contributed by atoms with van der Waals surface area (Å²) in [5.74, 6) is -0.243. The predicted molar refractivity (Wildman–Crippen MR) is 107 cm³/mol. The summed E-state index contributed by atoms with van der Waals surface area (Å²) in [6.45, 7) is 5.86. The molecule has 27 heavy (non-hydrogen) atoms. The van der Waals surface area contributed by atoms with E-state index in [4.69, 9.17) is 0 Å². The van der Waals surface area contributed by atoms with Crippen LogP contribution in [0.3, 0.4) is 0 Å². The Bertz CT molecular complexity index is 715. The first-order valence-electron chi connectivity index (χ1n) is 9.75. The molecule has 1 aliphatic rings. The number of halogens is 1. The second-order valence-corrected chi connectivity index (χ2v) is 6.96. The van der Waals surface area contributed by atoms with Crippen LogP contribution in [0.15, 0.2) is 54.6 Å². The molecule has 1 saturated heterocycles. The van der Waals surface area contributed by atoms with Gasteiger partial charge in [0, 0.05) is 44.8 Å². The average molecular weight is 369 g/mol. The van der Waals surface area contributed by atoms with Gasteiger partial charge in [0.1, 0.15) is 5.82 Å². The van der Waals surface area contributed by atoms with Crippen LogP contribution in [0, 0.1) is 5.82 Å². The van der Waals surface area contributed by atoms with Crippen LogP contribution in [0.25, 0.3) is 0 Å². The van der Waals surface area contributed by atoms with Gasteiger partial charge >= 0.3 is 0 Å². The Morgan fingerprint density at radius 1 is 0.963 bits per heavy atom. The maximum absolute atomic E-state index is 13.5. The third-order valence-corrected chi connectivity index (χ3v) is 5.05. The highest BCUT2D eigenvalue weighted by Gasteiger charge is 2.16. The first-order chi connectivity index (χ1) is 13.2.